The number of rotatable bonds is 3. The molecule has 0 atom stereocenters. The Balaban J connectivity index is 1.79. The molecule has 0 radical (unpaired) electrons. The van der Waals surface area contributed by atoms with E-state index in [9.17, 15) is 0 Å². The van der Waals surface area contributed by atoms with E-state index in [0.29, 0.717) is 12.4 Å². The third-order valence-corrected chi connectivity index (χ3v) is 3.14. The highest BCUT2D eigenvalue weighted by atomic mass is 16.5. The van der Waals surface area contributed by atoms with Crippen LogP contribution in [0.4, 0.5) is 5.69 Å². The second-order valence-corrected chi connectivity index (χ2v) is 4.26. The lowest BCUT2D eigenvalue weighted by Gasteiger charge is -2.16. The summed E-state index contributed by atoms with van der Waals surface area (Å²) in [6.07, 6.45) is 1.92. The minimum absolute atomic E-state index is 0.707. The molecule has 0 saturated heterocycles. The largest absolute Gasteiger partial charge is 0.362 e. The van der Waals surface area contributed by atoms with Crippen molar-refractivity contribution in [2.24, 2.45) is 0 Å². The van der Waals surface area contributed by atoms with Gasteiger partial charge < -0.3 is 9.42 Å². The third-order valence-electron chi connectivity index (χ3n) is 3.14. The number of benzene rings is 1. The van der Waals surface area contributed by atoms with E-state index in [1.807, 2.05) is 6.92 Å². The SMILES string of the molecule is CCc1noc(CN2CCc3ccccc32)n1. The van der Waals surface area contributed by atoms with Crippen LogP contribution in [-0.4, -0.2) is 16.7 Å². The Bertz CT molecular complexity index is 521. The van der Waals surface area contributed by atoms with Gasteiger partial charge in [0.15, 0.2) is 5.82 Å². The molecule has 0 unspecified atom stereocenters. The fraction of sp³-hybridized carbons (Fsp3) is 0.385. The molecule has 2 heterocycles. The highest BCUT2D eigenvalue weighted by Crippen LogP contribution is 2.28. The number of aryl methyl sites for hydroxylation is 1. The first kappa shape index (κ1) is 10.3. The summed E-state index contributed by atoms with van der Waals surface area (Å²) in [5.41, 5.74) is 2.70. The van der Waals surface area contributed by atoms with E-state index in [-0.39, 0.29) is 0 Å². The maximum absolute atomic E-state index is 5.23. The monoisotopic (exact) mass is 229 g/mol. The van der Waals surface area contributed by atoms with Gasteiger partial charge in [-0.3, -0.25) is 0 Å². The number of aromatic nitrogens is 2. The molecule has 0 bridgehead atoms. The van der Waals surface area contributed by atoms with Gasteiger partial charge in [-0.05, 0) is 18.1 Å². The predicted molar refractivity (Wildman–Crippen MR) is 64.9 cm³/mol. The molecule has 0 aliphatic carbocycles. The molecule has 4 heteroatoms. The molecule has 0 saturated carbocycles. The lowest BCUT2D eigenvalue weighted by atomic mass is 10.2. The van der Waals surface area contributed by atoms with Crippen molar-refractivity contribution in [2.75, 3.05) is 11.4 Å². The van der Waals surface area contributed by atoms with Gasteiger partial charge in [0.2, 0.25) is 5.89 Å². The van der Waals surface area contributed by atoms with Crippen LogP contribution in [-0.2, 0) is 19.4 Å². The van der Waals surface area contributed by atoms with Crippen molar-refractivity contribution in [1.29, 1.82) is 0 Å². The van der Waals surface area contributed by atoms with Crippen molar-refractivity contribution >= 4 is 5.69 Å². The second-order valence-electron chi connectivity index (χ2n) is 4.26. The van der Waals surface area contributed by atoms with Gasteiger partial charge in [0, 0.05) is 18.7 Å². The first-order chi connectivity index (χ1) is 8.36. The summed E-state index contributed by atoms with van der Waals surface area (Å²) >= 11 is 0. The van der Waals surface area contributed by atoms with Crippen molar-refractivity contribution in [2.45, 2.75) is 26.3 Å². The average Bonchev–Trinajstić information content (AvgIpc) is 2.97. The minimum atomic E-state index is 0.707. The van der Waals surface area contributed by atoms with Gasteiger partial charge in [-0.25, -0.2) is 0 Å². The number of hydrogen-bond acceptors (Lipinski definition) is 4. The molecule has 0 spiro atoms. The van der Waals surface area contributed by atoms with Crippen LogP contribution in [0.25, 0.3) is 0 Å². The maximum atomic E-state index is 5.23. The minimum Gasteiger partial charge on any atom is -0.362 e. The number of anilines is 1. The number of fused-ring (bicyclic) bond motifs is 1. The van der Waals surface area contributed by atoms with Gasteiger partial charge in [-0.15, -0.1) is 0 Å². The Kier molecular flexibility index (Phi) is 2.55. The predicted octanol–water partition coefficient (Wildman–Crippen LogP) is 2.19. The highest BCUT2D eigenvalue weighted by molar-refractivity contribution is 5.57. The first-order valence-corrected chi connectivity index (χ1v) is 6.01. The quantitative estimate of drug-likeness (QED) is 0.809. The molecular formula is C13H15N3O. The fourth-order valence-corrected chi connectivity index (χ4v) is 2.23. The Morgan fingerprint density at radius 3 is 3.06 bits per heavy atom. The van der Waals surface area contributed by atoms with Crippen molar-refractivity contribution < 1.29 is 4.52 Å². The molecule has 1 aromatic carbocycles. The van der Waals surface area contributed by atoms with Gasteiger partial charge >= 0.3 is 0 Å². The van der Waals surface area contributed by atoms with Crippen molar-refractivity contribution in [3.05, 3.63) is 41.5 Å². The molecule has 0 fully saturated rings. The van der Waals surface area contributed by atoms with E-state index < -0.39 is 0 Å². The van der Waals surface area contributed by atoms with Crippen LogP contribution >= 0.6 is 0 Å². The summed E-state index contributed by atoms with van der Waals surface area (Å²) in [4.78, 5) is 6.64. The van der Waals surface area contributed by atoms with Crippen LogP contribution in [0.15, 0.2) is 28.8 Å². The fourth-order valence-electron chi connectivity index (χ4n) is 2.23. The van der Waals surface area contributed by atoms with E-state index >= 15 is 0 Å². The van der Waals surface area contributed by atoms with Gasteiger partial charge in [0.1, 0.15) is 0 Å². The Morgan fingerprint density at radius 2 is 2.24 bits per heavy atom. The molecule has 0 N–H and O–H groups in total. The lowest BCUT2D eigenvalue weighted by Crippen LogP contribution is -2.19. The van der Waals surface area contributed by atoms with Crippen molar-refractivity contribution in [3.63, 3.8) is 0 Å². The van der Waals surface area contributed by atoms with Gasteiger partial charge in [0.25, 0.3) is 0 Å². The molecule has 2 aromatic rings. The first-order valence-electron chi connectivity index (χ1n) is 6.01. The topological polar surface area (TPSA) is 42.2 Å². The van der Waals surface area contributed by atoms with E-state index in [2.05, 4.69) is 39.3 Å². The molecular weight excluding hydrogens is 214 g/mol. The average molecular weight is 229 g/mol. The molecule has 3 rings (SSSR count). The molecule has 1 aliphatic rings. The van der Waals surface area contributed by atoms with Gasteiger partial charge in [0.05, 0.1) is 6.54 Å². The van der Waals surface area contributed by atoms with E-state index in [1.165, 1.54) is 11.3 Å². The molecule has 1 aliphatic heterocycles. The van der Waals surface area contributed by atoms with Gasteiger partial charge in [-0.2, -0.15) is 4.98 Å². The molecule has 88 valence electrons. The third kappa shape index (κ3) is 1.90. The number of hydrogen-bond donors (Lipinski definition) is 0. The maximum Gasteiger partial charge on any atom is 0.246 e. The smallest absolute Gasteiger partial charge is 0.246 e. The zero-order valence-electron chi connectivity index (χ0n) is 9.89. The van der Waals surface area contributed by atoms with Crippen LogP contribution < -0.4 is 4.90 Å². The van der Waals surface area contributed by atoms with Crippen LogP contribution in [0.2, 0.25) is 0 Å². The molecule has 17 heavy (non-hydrogen) atoms. The summed E-state index contributed by atoms with van der Waals surface area (Å²) in [6, 6.07) is 8.49. The number of nitrogens with zero attached hydrogens (tertiary/aromatic N) is 3. The summed E-state index contributed by atoms with van der Waals surface area (Å²) in [5.74, 6) is 1.49. The summed E-state index contributed by atoms with van der Waals surface area (Å²) in [7, 11) is 0. The Hall–Kier alpha value is -1.84. The van der Waals surface area contributed by atoms with Crippen LogP contribution in [0.3, 0.4) is 0 Å². The van der Waals surface area contributed by atoms with E-state index in [4.69, 9.17) is 4.52 Å². The van der Waals surface area contributed by atoms with Crippen LogP contribution in [0.1, 0.15) is 24.2 Å². The normalized spacial score (nSPS) is 14.1. The zero-order chi connectivity index (χ0) is 11.7. The van der Waals surface area contributed by atoms with Crippen LogP contribution in [0.5, 0.6) is 0 Å². The lowest BCUT2D eigenvalue weighted by molar-refractivity contribution is 0.372. The Morgan fingerprint density at radius 1 is 1.35 bits per heavy atom. The second kappa shape index (κ2) is 4.20. The van der Waals surface area contributed by atoms with Crippen molar-refractivity contribution in [3.8, 4) is 0 Å². The van der Waals surface area contributed by atoms with Crippen molar-refractivity contribution in [1.82, 2.24) is 10.1 Å². The summed E-state index contributed by atoms with van der Waals surface area (Å²) < 4.78 is 5.23. The van der Waals surface area contributed by atoms with E-state index in [0.717, 1.165) is 25.2 Å². The standard InChI is InChI=1S/C13H15N3O/c1-2-12-14-13(17-15-12)9-16-8-7-10-5-3-4-6-11(10)16/h3-6H,2,7-9H2,1H3. The Labute approximate surface area is 100 Å². The van der Waals surface area contributed by atoms with Crippen LogP contribution in [0, 0.1) is 0 Å². The highest BCUT2D eigenvalue weighted by Gasteiger charge is 2.20. The molecule has 4 nitrogen and oxygen atoms in total. The molecule has 0 amide bonds. The molecule has 1 aromatic heterocycles. The van der Waals surface area contributed by atoms with Gasteiger partial charge in [-0.1, -0.05) is 30.3 Å². The summed E-state index contributed by atoms with van der Waals surface area (Å²) in [5, 5.41) is 3.92. The summed E-state index contributed by atoms with van der Waals surface area (Å²) in [6.45, 7) is 3.77. The van der Waals surface area contributed by atoms with E-state index in [1.54, 1.807) is 0 Å². The zero-order valence-corrected chi connectivity index (χ0v) is 9.89. The number of para-hydroxylation sites is 1.